The zero-order valence-corrected chi connectivity index (χ0v) is 15.2. The van der Waals surface area contributed by atoms with Crippen molar-refractivity contribution >= 4 is 34.8 Å². The zero-order chi connectivity index (χ0) is 18.5. The number of hydrogen-bond donors (Lipinski definition) is 1. The lowest BCUT2D eigenvalue weighted by Crippen LogP contribution is -2.05. The number of allylic oxidation sites excluding steroid dienone is 1. The van der Waals surface area contributed by atoms with Crippen LogP contribution in [0.4, 0.5) is 5.69 Å². The van der Waals surface area contributed by atoms with E-state index in [1.165, 1.54) is 18.3 Å². The number of hydrogen-bond acceptors (Lipinski definition) is 5. The van der Waals surface area contributed by atoms with Crippen LogP contribution in [-0.4, -0.2) is 21.7 Å². The first kappa shape index (κ1) is 17.7. The second kappa shape index (κ2) is 7.84. The van der Waals surface area contributed by atoms with Crippen molar-refractivity contribution in [2.45, 2.75) is 13.8 Å². The van der Waals surface area contributed by atoms with Gasteiger partial charge in [-0.15, -0.1) is 11.3 Å². The molecule has 130 valence electrons. The van der Waals surface area contributed by atoms with E-state index in [-0.39, 0.29) is 11.7 Å². The molecule has 2 aromatic heterocycles. The highest BCUT2D eigenvalue weighted by Gasteiger charge is 2.14. The fraction of sp³-hybridized carbons (Fsp3) is 0.100. The van der Waals surface area contributed by atoms with Crippen LogP contribution in [0.2, 0.25) is 0 Å². The number of aryl methyl sites for hydroxylation is 1. The lowest BCUT2D eigenvalue weighted by atomic mass is 10.1. The van der Waals surface area contributed by atoms with Gasteiger partial charge in [0.15, 0.2) is 5.78 Å². The summed E-state index contributed by atoms with van der Waals surface area (Å²) in [5, 5.41) is 3.49. The number of rotatable bonds is 5. The maximum absolute atomic E-state index is 12.5. The van der Waals surface area contributed by atoms with Crippen molar-refractivity contribution in [1.82, 2.24) is 9.97 Å². The number of thiazole rings is 1. The minimum atomic E-state index is -0.117. The summed E-state index contributed by atoms with van der Waals surface area (Å²) in [6, 6.07) is 11.0. The van der Waals surface area contributed by atoms with Crippen molar-refractivity contribution in [3.8, 4) is 10.6 Å². The Hall–Kier alpha value is -3.12. The van der Waals surface area contributed by atoms with Crippen molar-refractivity contribution in [1.29, 1.82) is 0 Å². The van der Waals surface area contributed by atoms with Crippen LogP contribution >= 0.6 is 11.3 Å². The molecule has 0 atom stereocenters. The SMILES string of the molecule is CC(=O)Nc1ccc(/C=C/C(=O)c2sc(-c3cccnc3)nc2C)cc1. The molecule has 0 aliphatic carbocycles. The highest BCUT2D eigenvalue weighted by atomic mass is 32.1. The molecule has 3 rings (SSSR count). The molecule has 0 fully saturated rings. The molecule has 2 heterocycles. The molecule has 0 saturated carbocycles. The van der Waals surface area contributed by atoms with E-state index in [9.17, 15) is 9.59 Å². The third-order valence-corrected chi connectivity index (χ3v) is 4.81. The molecule has 0 spiro atoms. The lowest BCUT2D eigenvalue weighted by Gasteiger charge is -2.01. The molecule has 0 aliphatic heterocycles. The smallest absolute Gasteiger partial charge is 0.221 e. The average Bonchev–Trinajstić information content (AvgIpc) is 3.03. The minimum absolute atomic E-state index is 0.0823. The van der Waals surface area contributed by atoms with Crippen LogP contribution < -0.4 is 5.32 Å². The molecule has 1 N–H and O–H groups in total. The standard InChI is InChI=1S/C20H17N3O2S/c1-13-19(26-20(22-13)16-4-3-11-21-12-16)18(25)10-7-15-5-8-17(9-6-15)23-14(2)24/h3-12H,1-2H3,(H,23,24)/b10-7+. The summed E-state index contributed by atoms with van der Waals surface area (Å²) in [7, 11) is 0. The Morgan fingerprint density at radius 3 is 2.58 bits per heavy atom. The Kier molecular flexibility index (Phi) is 5.34. The van der Waals surface area contributed by atoms with E-state index in [2.05, 4.69) is 15.3 Å². The Labute approximate surface area is 155 Å². The van der Waals surface area contributed by atoms with Crippen molar-refractivity contribution in [2.75, 3.05) is 5.32 Å². The van der Waals surface area contributed by atoms with E-state index >= 15 is 0 Å². The zero-order valence-electron chi connectivity index (χ0n) is 14.4. The van der Waals surface area contributed by atoms with Crippen LogP contribution in [0.3, 0.4) is 0 Å². The molecule has 0 saturated heterocycles. The fourth-order valence-electron chi connectivity index (χ4n) is 2.37. The normalized spacial score (nSPS) is 10.8. The molecule has 0 unspecified atom stereocenters. The second-order valence-corrected chi connectivity index (χ2v) is 6.68. The van der Waals surface area contributed by atoms with E-state index in [1.54, 1.807) is 36.7 Å². The molecule has 5 nitrogen and oxygen atoms in total. The van der Waals surface area contributed by atoms with E-state index in [0.717, 1.165) is 21.8 Å². The van der Waals surface area contributed by atoms with Gasteiger partial charge in [-0.3, -0.25) is 14.6 Å². The molecular weight excluding hydrogens is 346 g/mol. The number of nitrogens with zero attached hydrogens (tertiary/aromatic N) is 2. The summed E-state index contributed by atoms with van der Waals surface area (Å²) in [5.74, 6) is -0.199. The molecule has 26 heavy (non-hydrogen) atoms. The van der Waals surface area contributed by atoms with E-state index in [0.29, 0.717) is 10.6 Å². The number of anilines is 1. The van der Waals surface area contributed by atoms with Gasteiger partial charge < -0.3 is 5.32 Å². The van der Waals surface area contributed by atoms with Crippen LogP contribution in [0, 0.1) is 6.92 Å². The van der Waals surface area contributed by atoms with Gasteiger partial charge in [0.2, 0.25) is 5.91 Å². The van der Waals surface area contributed by atoms with E-state index < -0.39 is 0 Å². The molecule has 3 aromatic rings. The number of ketones is 1. The van der Waals surface area contributed by atoms with Crippen molar-refractivity contribution in [2.24, 2.45) is 0 Å². The van der Waals surface area contributed by atoms with Crippen LogP contribution in [0.5, 0.6) is 0 Å². The van der Waals surface area contributed by atoms with E-state index in [4.69, 9.17) is 0 Å². The van der Waals surface area contributed by atoms with Crippen LogP contribution in [-0.2, 0) is 4.79 Å². The number of aromatic nitrogens is 2. The first-order chi connectivity index (χ1) is 12.5. The molecule has 0 aliphatic rings. The lowest BCUT2D eigenvalue weighted by molar-refractivity contribution is -0.114. The molecule has 1 amide bonds. The number of amides is 1. The van der Waals surface area contributed by atoms with E-state index in [1.807, 2.05) is 31.2 Å². The third-order valence-electron chi connectivity index (χ3n) is 3.59. The van der Waals surface area contributed by atoms with Gasteiger partial charge in [0.05, 0.1) is 10.6 Å². The number of pyridine rings is 1. The van der Waals surface area contributed by atoms with Crippen LogP contribution in [0.25, 0.3) is 16.6 Å². The van der Waals surface area contributed by atoms with Gasteiger partial charge in [0.25, 0.3) is 0 Å². The topological polar surface area (TPSA) is 72.0 Å². The van der Waals surface area contributed by atoms with Gasteiger partial charge in [0, 0.05) is 30.6 Å². The second-order valence-electron chi connectivity index (χ2n) is 5.68. The first-order valence-electron chi connectivity index (χ1n) is 8.01. The average molecular weight is 363 g/mol. The quantitative estimate of drug-likeness (QED) is 0.540. The Morgan fingerprint density at radius 1 is 1.15 bits per heavy atom. The summed E-state index contributed by atoms with van der Waals surface area (Å²) in [4.78, 5) is 32.7. The summed E-state index contributed by atoms with van der Waals surface area (Å²) in [5.41, 5.74) is 3.21. The number of carbonyl (C=O) groups is 2. The predicted molar refractivity (Wildman–Crippen MR) is 104 cm³/mol. The fourth-order valence-corrected chi connectivity index (χ4v) is 3.34. The Morgan fingerprint density at radius 2 is 1.92 bits per heavy atom. The van der Waals surface area contributed by atoms with Gasteiger partial charge >= 0.3 is 0 Å². The van der Waals surface area contributed by atoms with Crippen molar-refractivity contribution in [3.05, 3.63) is 71.0 Å². The number of benzene rings is 1. The summed E-state index contributed by atoms with van der Waals surface area (Å²) >= 11 is 1.37. The third kappa shape index (κ3) is 4.29. The predicted octanol–water partition coefficient (Wildman–Crippen LogP) is 4.37. The highest BCUT2D eigenvalue weighted by molar-refractivity contribution is 7.17. The Bertz CT molecular complexity index is 960. The van der Waals surface area contributed by atoms with Crippen LogP contribution in [0.15, 0.2) is 54.9 Å². The maximum Gasteiger partial charge on any atom is 0.221 e. The van der Waals surface area contributed by atoms with Crippen LogP contribution in [0.1, 0.15) is 27.9 Å². The molecular formula is C20H17N3O2S. The number of carbonyl (C=O) groups excluding carboxylic acids is 2. The van der Waals surface area contributed by atoms with Crippen molar-refractivity contribution in [3.63, 3.8) is 0 Å². The van der Waals surface area contributed by atoms with Gasteiger partial charge in [-0.25, -0.2) is 4.98 Å². The van der Waals surface area contributed by atoms with Crippen molar-refractivity contribution < 1.29 is 9.59 Å². The first-order valence-corrected chi connectivity index (χ1v) is 8.82. The van der Waals surface area contributed by atoms with Gasteiger partial charge in [0.1, 0.15) is 5.01 Å². The molecule has 0 bridgehead atoms. The summed E-state index contributed by atoms with van der Waals surface area (Å²) < 4.78 is 0. The molecule has 1 aromatic carbocycles. The van der Waals surface area contributed by atoms with Gasteiger partial charge in [-0.1, -0.05) is 18.2 Å². The minimum Gasteiger partial charge on any atom is -0.326 e. The molecule has 6 heteroatoms. The summed E-state index contributed by atoms with van der Waals surface area (Å²) in [6.07, 6.45) is 6.73. The summed E-state index contributed by atoms with van der Waals surface area (Å²) in [6.45, 7) is 3.29. The largest absolute Gasteiger partial charge is 0.326 e. The van der Waals surface area contributed by atoms with Gasteiger partial charge in [-0.05, 0) is 42.8 Å². The maximum atomic E-state index is 12.5. The number of nitrogens with one attached hydrogen (secondary N) is 1. The Balaban J connectivity index is 1.75. The molecule has 0 radical (unpaired) electrons. The monoisotopic (exact) mass is 363 g/mol. The highest BCUT2D eigenvalue weighted by Crippen LogP contribution is 2.28. The van der Waals surface area contributed by atoms with Gasteiger partial charge in [-0.2, -0.15) is 0 Å².